The summed E-state index contributed by atoms with van der Waals surface area (Å²) in [7, 11) is 0. The van der Waals surface area contributed by atoms with Gasteiger partial charge < -0.3 is 20.3 Å². The summed E-state index contributed by atoms with van der Waals surface area (Å²) in [6, 6.07) is 12.6. The molecule has 0 aliphatic heterocycles. The van der Waals surface area contributed by atoms with Crippen LogP contribution >= 0.6 is 23.2 Å². The number of benzene rings is 2. The summed E-state index contributed by atoms with van der Waals surface area (Å²) in [6.07, 6.45) is 1.47. The molecule has 0 radical (unpaired) electrons. The molecule has 8 nitrogen and oxygen atoms in total. The van der Waals surface area contributed by atoms with E-state index < -0.39 is 28.5 Å². The summed E-state index contributed by atoms with van der Waals surface area (Å²) in [4.78, 5) is 38.2. The van der Waals surface area contributed by atoms with Gasteiger partial charge in [0, 0.05) is 18.5 Å². The third-order valence-electron chi connectivity index (χ3n) is 6.19. The first kappa shape index (κ1) is 25.7. The van der Waals surface area contributed by atoms with Crippen molar-refractivity contribution in [3.05, 3.63) is 75.7 Å². The molecular formula is C25H22Cl2FN3O5. The van der Waals surface area contributed by atoms with Crippen molar-refractivity contribution >= 4 is 41.0 Å². The molecule has 1 saturated carbocycles. The summed E-state index contributed by atoms with van der Waals surface area (Å²) in [5.41, 5.74) is 3.72. The number of esters is 1. The van der Waals surface area contributed by atoms with E-state index in [9.17, 15) is 18.8 Å². The van der Waals surface area contributed by atoms with Gasteiger partial charge in [-0.1, -0.05) is 41.0 Å². The zero-order chi connectivity index (χ0) is 25.9. The van der Waals surface area contributed by atoms with Crippen LogP contribution in [-0.4, -0.2) is 35.1 Å². The number of carbonyl (C=O) groups excluding carboxylic acids is 3. The van der Waals surface area contributed by atoms with Gasteiger partial charge in [0.2, 0.25) is 5.22 Å². The van der Waals surface area contributed by atoms with E-state index in [1.54, 1.807) is 30.3 Å². The normalized spacial score (nSPS) is 19.5. The first-order chi connectivity index (χ1) is 17.2. The van der Waals surface area contributed by atoms with Crippen LogP contribution in [0.2, 0.25) is 10.2 Å². The Morgan fingerprint density at radius 2 is 1.92 bits per heavy atom. The predicted octanol–water partition coefficient (Wildman–Crippen LogP) is 4.79. The Bertz CT molecular complexity index is 1280. The molecule has 1 fully saturated rings. The van der Waals surface area contributed by atoms with E-state index in [1.165, 1.54) is 12.1 Å². The van der Waals surface area contributed by atoms with Crippen LogP contribution in [0.4, 0.5) is 4.39 Å². The molecule has 0 bridgehead atoms. The smallest absolute Gasteiger partial charge is 0.346 e. The Balaban J connectivity index is 1.54. The average molecular weight is 534 g/mol. The monoisotopic (exact) mass is 533 g/mol. The lowest BCUT2D eigenvalue weighted by atomic mass is 9.77. The van der Waals surface area contributed by atoms with Gasteiger partial charge in [0.25, 0.3) is 11.8 Å². The van der Waals surface area contributed by atoms with Gasteiger partial charge in [-0.2, -0.15) is 0 Å². The molecule has 1 heterocycles. The number of hydrogen-bond donors (Lipinski definition) is 2. The van der Waals surface area contributed by atoms with E-state index in [0.717, 1.165) is 6.07 Å². The maximum atomic E-state index is 14.5. The number of aromatic nitrogens is 1. The fourth-order valence-corrected chi connectivity index (χ4v) is 4.84. The molecule has 1 aromatic heterocycles. The second-order valence-electron chi connectivity index (χ2n) is 8.56. The molecule has 2 aromatic carbocycles. The predicted molar refractivity (Wildman–Crippen MR) is 130 cm³/mol. The highest BCUT2D eigenvalue weighted by atomic mass is 35.5. The van der Waals surface area contributed by atoms with Gasteiger partial charge in [-0.25, -0.2) is 9.18 Å². The Labute approximate surface area is 215 Å². The number of nitrogens with two attached hydrogens (primary N) is 1. The van der Waals surface area contributed by atoms with Crippen molar-refractivity contribution < 1.29 is 28.0 Å². The van der Waals surface area contributed by atoms with Crippen LogP contribution in [0.15, 0.2) is 53.1 Å². The summed E-state index contributed by atoms with van der Waals surface area (Å²) < 4.78 is 25.1. The van der Waals surface area contributed by atoms with Crippen LogP contribution < -0.4 is 11.1 Å². The largest absolute Gasteiger partial charge is 0.445 e. The average Bonchev–Trinajstić information content (AvgIpc) is 3.24. The van der Waals surface area contributed by atoms with Crippen molar-refractivity contribution in [2.45, 2.75) is 31.3 Å². The molecule has 188 valence electrons. The van der Waals surface area contributed by atoms with Crippen molar-refractivity contribution in [1.82, 2.24) is 10.5 Å². The highest BCUT2D eigenvalue weighted by molar-refractivity contribution is 6.35. The zero-order valence-electron chi connectivity index (χ0n) is 18.9. The van der Waals surface area contributed by atoms with Crippen LogP contribution in [0, 0.1) is 11.7 Å². The quantitative estimate of drug-likeness (QED) is 0.420. The van der Waals surface area contributed by atoms with Gasteiger partial charge in [0.15, 0.2) is 5.60 Å². The van der Waals surface area contributed by atoms with Crippen molar-refractivity contribution in [1.29, 1.82) is 0 Å². The minimum atomic E-state index is -1.66. The molecule has 3 N–H and O–H groups in total. The van der Waals surface area contributed by atoms with Crippen LogP contribution in [0.1, 0.15) is 46.4 Å². The van der Waals surface area contributed by atoms with Crippen LogP contribution in [-0.2, 0) is 9.53 Å². The van der Waals surface area contributed by atoms with Gasteiger partial charge in [-0.3, -0.25) is 9.59 Å². The van der Waals surface area contributed by atoms with Crippen molar-refractivity contribution in [3.63, 3.8) is 0 Å². The number of halogens is 3. The third-order valence-corrected chi connectivity index (χ3v) is 6.76. The maximum Gasteiger partial charge on any atom is 0.346 e. The number of amides is 2. The van der Waals surface area contributed by atoms with E-state index in [0.29, 0.717) is 18.4 Å². The second kappa shape index (κ2) is 10.7. The van der Waals surface area contributed by atoms with Gasteiger partial charge >= 0.3 is 5.97 Å². The topological polar surface area (TPSA) is 125 Å². The first-order valence-corrected chi connectivity index (χ1v) is 11.9. The second-order valence-corrected chi connectivity index (χ2v) is 9.31. The van der Waals surface area contributed by atoms with E-state index in [4.69, 9.17) is 38.2 Å². The van der Waals surface area contributed by atoms with E-state index in [1.807, 2.05) is 0 Å². The van der Waals surface area contributed by atoms with E-state index in [-0.39, 0.29) is 53.1 Å². The summed E-state index contributed by atoms with van der Waals surface area (Å²) in [5, 5.41) is 6.06. The van der Waals surface area contributed by atoms with Gasteiger partial charge in [-0.05, 0) is 61.0 Å². The number of ether oxygens (including phenoxy) is 1. The summed E-state index contributed by atoms with van der Waals surface area (Å²) >= 11 is 12.2. The SMILES string of the molecule is NC(=O)C1(OC(=O)c2c(-c3c(F)cccc3Cl)noc2Cl)CCCC(CNC(=O)c2ccccc2)C1. The van der Waals surface area contributed by atoms with Gasteiger partial charge in [0.1, 0.15) is 17.1 Å². The number of nitrogens with one attached hydrogen (secondary N) is 1. The minimum Gasteiger partial charge on any atom is -0.445 e. The standard InChI is InChI=1S/C25H22Cl2FN3O5/c26-16-9-4-10-17(28)18(16)20-19(21(27)36-31-20)23(33)35-25(24(29)34)11-5-6-14(12-25)13-30-22(32)15-7-2-1-3-8-15/h1-4,7-10,14H,5-6,11-13H2,(H2,29,34)(H,30,32). The maximum absolute atomic E-state index is 14.5. The van der Waals surface area contributed by atoms with Crippen LogP contribution in [0.25, 0.3) is 11.3 Å². The van der Waals surface area contributed by atoms with Crippen molar-refractivity contribution in [2.75, 3.05) is 6.54 Å². The number of rotatable bonds is 7. The zero-order valence-corrected chi connectivity index (χ0v) is 20.4. The van der Waals surface area contributed by atoms with Crippen molar-refractivity contribution in [2.24, 2.45) is 11.7 Å². The van der Waals surface area contributed by atoms with Crippen molar-refractivity contribution in [3.8, 4) is 11.3 Å². The Hall–Kier alpha value is -3.43. The summed E-state index contributed by atoms with van der Waals surface area (Å²) in [6.45, 7) is 0.254. The molecule has 36 heavy (non-hydrogen) atoms. The van der Waals surface area contributed by atoms with Gasteiger partial charge in [-0.15, -0.1) is 0 Å². The molecule has 1 aliphatic rings. The Morgan fingerprint density at radius 3 is 2.61 bits per heavy atom. The number of nitrogens with zero attached hydrogens (tertiary/aromatic N) is 1. The highest BCUT2D eigenvalue weighted by Crippen LogP contribution is 2.39. The molecule has 3 aromatic rings. The molecule has 2 unspecified atom stereocenters. The number of carbonyl (C=O) groups is 3. The molecule has 0 spiro atoms. The Kier molecular flexibility index (Phi) is 7.61. The Morgan fingerprint density at radius 1 is 1.17 bits per heavy atom. The molecule has 2 amide bonds. The number of hydrogen-bond acceptors (Lipinski definition) is 6. The molecular weight excluding hydrogens is 512 g/mol. The van der Waals surface area contributed by atoms with E-state index >= 15 is 0 Å². The molecule has 4 rings (SSSR count). The third kappa shape index (κ3) is 5.22. The molecule has 0 saturated heterocycles. The highest BCUT2D eigenvalue weighted by Gasteiger charge is 2.46. The number of primary amides is 1. The fraction of sp³-hybridized carbons (Fsp3) is 0.280. The summed E-state index contributed by atoms with van der Waals surface area (Å²) in [5.74, 6) is -3.09. The lowest BCUT2D eigenvalue weighted by molar-refractivity contribution is -0.142. The first-order valence-electron chi connectivity index (χ1n) is 11.2. The van der Waals surface area contributed by atoms with Crippen LogP contribution in [0.5, 0.6) is 0 Å². The molecule has 1 aliphatic carbocycles. The fourth-order valence-electron chi connectivity index (χ4n) is 4.39. The lowest BCUT2D eigenvalue weighted by Crippen LogP contribution is -2.52. The lowest BCUT2D eigenvalue weighted by Gasteiger charge is -2.37. The molecule has 11 heteroatoms. The minimum absolute atomic E-state index is 0.0227. The van der Waals surface area contributed by atoms with Crippen LogP contribution in [0.3, 0.4) is 0 Å². The molecule has 2 atom stereocenters. The van der Waals surface area contributed by atoms with E-state index in [2.05, 4.69) is 10.5 Å². The van der Waals surface area contributed by atoms with Gasteiger partial charge in [0.05, 0.1) is 10.6 Å².